The van der Waals surface area contributed by atoms with Crippen LogP contribution in [0.3, 0.4) is 0 Å². The lowest BCUT2D eigenvalue weighted by Gasteiger charge is -2.34. The first-order valence-corrected chi connectivity index (χ1v) is 11.5. The molecule has 0 heterocycles. The number of nitrogens with zero attached hydrogens (tertiary/aromatic N) is 1. The number of ether oxygens (including phenoxy) is 1. The fraction of sp³-hybridized carbons (Fsp3) is 0.458. The lowest BCUT2D eigenvalue weighted by molar-refractivity contribution is -0.141. The van der Waals surface area contributed by atoms with Crippen molar-refractivity contribution in [2.45, 2.75) is 55.6 Å². The number of carbonyl (C=O) groups excluding carboxylic acids is 2. The molecule has 1 saturated carbocycles. The van der Waals surface area contributed by atoms with Gasteiger partial charge in [0.15, 0.2) is 5.78 Å². The Balaban J connectivity index is 1.99. The van der Waals surface area contributed by atoms with Gasteiger partial charge >= 0.3 is 5.97 Å². The third-order valence-electron chi connectivity index (χ3n) is 5.49. The van der Waals surface area contributed by atoms with E-state index >= 15 is 0 Å². The second kappa shape index (κ2) is 10.8. The van der Waals surface area contributed by atoms with Gasteiger partial charge in [-0.15, -0.1) is 11.8 Å². The molecule has 0 aliphatic heterocycles. The first kappa shape index (κ1) is 23.3. The predicted octanol–water partition coefficient (Wildman–Crippen LogP) is 4.47. The van der Waals surface area contributed by atoms with Crippen molar-refractivity contribution in [2.75, 3.05) is 13.2 Å². The topological polar surface area (TPSA) is 85.2 Å². The molecular formula is C24H29NO5S. The fourth-order valence-electron chi connectivity index (χ4n) is 4.04. The molecule has 2 aliphatic carbocycles. The smallest absolute Gasteiger partial charge is 0.331 e. The van der Waals surface area contributed by atoms with Crippen molar-refractivity contribution in [3.05, 3.63) is 48.1 Å². The van der Waals surface area contributed by atoms with Gasteiger partial charge in [-0.2, -0.15) is 0 Å². The minimum absolute atomic E-state index is 0.00357. The predicted molar refractivity (Wildman–Crippen MR) is 121 cm³/mol. The van der Waals surface area contributed by atoms with Gasteiger partial charge in [0.2, 0.25) is 0 Å². The highest BCUT2D eigenvalue weighted by Gasteiger charge is 2.46. The summed E-state index contributed by atoms with van der Waals surface area (Å²) >= 11 is 1.40. The Kier molecular flexibility index (Phi) is 8.09. The summed E-state index contributed by atoms with van der Waals surface area (Å²) in [6, 6.07) is 7.39. The highest BCUT2D eigenvalue weighted by atomic mass is 32.2. The fourth-order valence-corrected chi connectivity index (χ4v) is 5.34. The van der Waals surface area contributed by atoms with Gasteiger partial charge in [0.1, 0.15) is 22.8 Å². The van der Waals surface area contributed by atoms with Gasteiger partial charge in [0.05, 0.1) is 6.61 Å². The number of benzene rings is 1. The number of aliphatic hydroxyl groups is 1. The van der Waals surface area contributed by atoms with Gasteiger partial charge in [-0.3, -0.25) is 4.79 Å². The van der Waals surface area contributed by atoms with Crippen molar-refractivity contribution in [2.24, 2.45) is 11.1 Å². The Labute approximate surface area is 187 Å². The summed E-state index contributed by atoms with van der Waals surface area (Å²) < 4.78 is 4.37. The Bertz CT molecular complexity index is 884. The van der Waals surface area contributed by atoms with Crippen molar-refractivity contribution in [1.29, 1.82) is 0 Å². The maximum Gasteiger partial charge on any atom is 0.331 e. The largest absolute Gasteiger partial charge is 0.491 e. The monoisotopic (exact) mass is 443 g/mol. The van der Waals surface area contributed by atoms with E-state index in [9.17, 15) is 9.59 Å². The van der Waals surface area contributed by atoms with Gasteiger partial charge in [-0.05, 0) is 48.6 Å². The quantitative estimate of drug-likeness (QED) is 0.448. The summed E-state index contributed by atoms with van der Waals surface area (Å²) in [6.07, 6.45) is 10.5. The molecular weight excluding hydrogens is 414 g/mol. The molecule has 0 bridgehead atoms. The van der Waals surface area contributed by atoms with E-state index in [1.807, 2.05) is 49.4 Å². The summed E-state index contributed by atoms with van der Waals surface area (Å²) in [6.45, 7) is 3.31. The number of thioether (sulfide) groups is 1. The number of hydrogen-bond acceptors (Lipinski definition) is 7. The first-order chi connectivity index (χ1) is 15.0. The number of oxime groups is 1. The van der Waals surface area contributed by atoms with Gasteiger partial charge in [0.25, 0.3) is 0 Å². The van der Waals surface area contributed by atoms with E-state index in [0.717, 1.165) is 36.2 Å². The summed E-state index contributed by atoms with van der Waals surface area (Å²) in [7, 11) is 0. The molecule has 0 radical (unpaired) electrons. The second-order valence-electron chi connectivity index (χ2n) is 7.64. The third kappa shape index (κ3) is 5.46. The molecule has 0 saturated heterocycles. The molecule has 1 unspecified atom stereocenters. The van der Waals surface area contributed by atoms with Crippen molar-refractivity contribution in [1.82, 2.24) is 0 Å². The number of carbonyl (C=O) groups is 2. The van der Waals surface area contributed by atoms with Gasteiger partial charge < -0.3 is 14.7 Å². The Morgan fingerprint density at radius 2 is 1.94 bits per heavy atom. The van der Waals surface area contributed by atoms with Crippen molar-refractivity contribution in [3.8, 4) is 5.75 Å². The highest BCUT2D eigenvalue weighted by Crippen LogP contribution is 2.45. The van der Waals surface area contributed by atoms with E-state index in [4.69, 9.17) is 14.7 Å². The lowest BCUT2D eigenvalue weighted by atomic mass is 9.80. The van der Waals surface area contributed by atoms with Gasteiger partial charge in [-0.1, -0.05) is 43.1 Å². The SMILES string of the molecule is CCC(=O)C1(Sc2ccc(OCCO)cc2)C=CC=C(C2CCCC2)C1=NOC(C)=O. The Hall–Kier alpha value is -2.38. The van der Waals surface area contributed by atoms with Crippen LogP contribution >= 0.6 is 11.8 Å². The molecule has 1 fully saturated rings. The first-order valence-electron chi connectivity index (χ1n) is 10.7. The third-order valence-corrected chi connectivity index (χ3v) is 6.88. The van der Waals surface area contributed by atoms with Crippen molar-refractivity contribution >= 4 is 29.2 Å². The Morgan fingerprint density at radius 1 is 1.23 bits per heavy atom. The number of Topliss-reactive ketones (excluding diaryl/α,β-unsaturated/α-hetero) is 1. The van der Waals surface area contributed by atoms with E-state index in [2.05, 4.69) is 5.16 Å². The minimum atomic E-state index is -1.07. The summed E-state index contributed by atoms with van der Waals surface area (Å²) in [5.41, 5.74) is 1.51. The van der Waals surface area contributed by atoms with Crippen molar-refractivity contribution in [3.63, 3.8) is 0 Å². The average Bonchev–Trinajstić information content (AvgIpc) is 3.31. The summed E-state index contributed by atoms with van der Waals surface area (Å²) in [5, 5.41) is 13.2. The molecule has 0 spiro atoms. The van der Waals surface area contributed by atoms with Crippen molar-refractivity contribution < 1.29 is 24.3 Å². The zero-order valence-electron chi connectivity index (χ0n) is 18.0. The maximum atomic E-state index is 13.3. The molecule has 2 aliphatic rings. The summed E-state index contributed by atoms with van der Waals surface area (Å²) in [5.74, 6) is 0.442. The molecule has 1 aromatic rings. The average molecular weight is 444 g/mol. The van der Waals surface area contributed by atoms with Crippen LogP contribution in [0.1, 0.15) is 46.0 Å². The van der Waals surface area contributed by atoms with Crippen LogP contribution in [0.2, 0.25) is 0 Å². The standard InChI is InChI=1S/C24H29NO5S/c1-3-22(28)24(31-20-12-10-19(11-13-20)29-16-15-26)14-6-9-21(18-7-4-5-8-18)23(24)25-30-17(2)27/h6,9-14,18,26H,3-5,7-8,15-16H2,1-2H3. The molecule has 0 aromatic heterocycles. The van der Waals surface area contributed by atoms with E-state index in [1.54, 1.807) is 0 Å². The normalized spacial score (nSPS) is 22.4. The number of aliphatic hydroxyl groups excluding tert-OH is 1. The van der Waals surface area contributed by atoms with E-state index in [0.29, 0.717) is 23.8 Å². The zero-order chi connectivity index (χ0) is 22.3. The van der Waals surface area contributed by atoms with E-state index < -0.39 is 10.7 Å². The molecule has 6 nitrogen and oxygen atoms in total. The van der Waals surface area contributed by atoms with Crippen LogP contribution in [0.25, 0.3) is 0 Å². The van der Waals surface area contributed by atoms with E-state index in [-0.39, 0.29) is 19.0 Å². The van der Waals surface area contributed by atoms with Gasteiger partial charge in [-0.25, -0.2) is 4.79 Å². The van der Waals surface area contributed by atoms with Crippen LogP contribution < -0.4 is 4.74 Å². The molecule has 3 rings (SSSR count). The highest BCUT2D eigenvalue weighted by molar-refractivity contribution is 8.02. The minimum Gasteiger partial charge on any atom is -0.491 e. The molecule has 0 amide bonds. The van der Waals surface area contributed by atoms with Crippen LogP contribution in [0.5, 0.6) is 5.75 Å². The van der Waals surface area contributed by atoms with E-state index in [1.165, 1.54) is 18.7 Å². The van der Waals surface area contributed by atoms with Crippen LogP contribution in [0.15, 0.2) is 58.1 Å². The summed E-state index contributed by atoms with van der Waals surface area (Å²) in [4.78, 5) is 30.9. The van der Waals surface area contributed by atoms with Crippen LogP contribution in [-0.2, 0) is 14.4 Å². The number of rotatable bonds is 9. The maximum absolute atomic E-state index is 13.3. The molecule has 166 valence electrons. The molecule has 7 heteroatoms. The Morgan fingerprint density at radius 3 is 2.55 bits per heavy atom. The lowest BCUT2D eigenvalue weighted by Crippen LogP contribution is -2.45. The van der Waals surface area contributed by atoms with Crippen LogP contribution in [-0.4, -0.2) is 40.5 Å². The molecule has 31 heavy (non-hydrogen) atoms. The van der Waals surface area contributed by atoms with Crippen LogP contribution in [0.4, 0.5) is 0 Å². The zero-order valence-corrected chi connectivity index (χ0v) is 18.8. The number of hydrogen-bond donors (Lipinski definition) is 1. The van der Waals surface area contributed by atoms with Gasteiger partial charge in [0, 0.05) is 18.2 Å². The number of allylic oxidation sites excluding steroid dienone is 3. The van der Waals surface area contributed by atoms with Crippen LogP contribution in [0, 0.1) is 5.92 Å². The molecule has 1 atom stereocenters. The number of ketones is 1. The second-order valence-corrected chi connectivity index (χ2v) is 8.96. The molecule has 1 aromatic carbocycles. The molecule has 1 N–H and O–H groups in total.